The Balaban J connectivity index is 1.73. The Labute approximate surface area is 124 Å². The molecule has 5 heteroatoms. The van der Waals surface area contributed by atoms with Crippen LogP contribution in [0.15, 0.2) is 18.2 Å². The minimum atomic E-state index is -0.727. The second kappa shape index (κ2) is 6.10. The number of benzene rings is 1. The summed E-state index contributed by atoms with van der Waals surface area (Å²) in [5.74, 6) is 0.0603. The van der Waals surface area contributed by atoms with E-state index in [4.69, 9.17) is 0 Å². The van der Waals surface area contributed by atoms with E-state index in [0.29, 0.717) is 12.6 Å². The number of hydrogen-bond acceptors (Lipinski definition) is 3. The van der Waals surface area contributed by atoms with Gasteiger partial charge >= 0.3 is 5.69 Å². The van der Waals surface area contributed by atoms with Gasteiger partial charge in [0.2, 0.25) is 5.82 Å². The lowest BCUT2D eigenvalue weighted by Crippen LogP contribution is -2.46. The number of nitrogens with zero attached hydrogens (tertiary/aromatic N) is 2. The fourth-order valence-electron chi connectivity index (χ4n) is 3.96. The molecule has 1 aromatic carbocycles. The lowest BCUT2D eigenvalue weighted by molar-refractivity contribution is -0.387. The monoisotopic (exact) mass is 292 g/mol. The van der Waals surface area contributed by atoms with Gasteiger partial charge in [-0.2, -0.15) is 4.39 Å². The van der Waals surface area contributed by atoms with E-state index in [1.54, 1.807) is 6.07 Å². The van der Waals surface area contributed by atoms with Gasteiger partial charge in [-0.1, -0.05) is 18.9 Å². The lowest BCUT2D eigenvalue weighted by atomic mass is 9.78. The van der Waals surface area contributed by atoms with Crippen LogP contribution in [0.25, 0.3) is 0 Å². The zero-order chi connectivity index (χ0) is 14.8. The fourth-order valence-corrected chi connectivity index (χ4v) is 3.96. The van der Waals surface area contributed by atoms with Gasteiger partial charge in [0.25, 0.3) is 0 Å². The zero-order valence-electron chi connectivity index (χ0n) is 12.1. The van der Waals surface area contributed by atoms with Crippen molar-refractivity contribution in [1.29, 1.82) is 0 Å². The van der Waals surface area contributed by atoms with E-state index in [1.807, 2.05) is 0 Å². The van der Waals surface area contributed by atoms with Gasteiger partial charge in [0, 0.05) is 18.7 Å². The van der Waals surface area contributed by atoms with Crippen LogP contribution in [0.3, 0.4) is 0 Å². The molecule has 1 heterocycles. The van der Waals surface area contributed by atoms with Gasteiger partial charge in [-0.25, -0.2) is 0 Å². The van der Waals surface area contributed by atoms with Crippen molar-refractivity contribution in [1.82, 2.24) is 4.90 Å². The van der Waals surface area contributed by atoms with E-state index >= 15 is 0 Å². The van der Waals surface area contributed by atoms with E-state index in [2.05, 4.69) is 4.90 Å². The highest BCUT2D eigenvalue weighted by atomic mass is 19.1. The SMILES string of the molecule is O=[N+]([O-])c1ccc(CN2CCCC3CCCCC32)cc1F. The third-order valence-electron chi connectivity index (χ3n) is 4.95. The second-order valence-corrected chi connectivity index (χ2v) is 6.27. The molecule has 0 N–H and O–H groups in total. The number of rotatable bonds is 3. The highest BCUT2D eigenvalue weighted by Crippen LogP contribution is 2.36. The first-order valence-electron chi connectivity index (χ1n) is 7.82. The third kappa shape index (κ3) is 3.07. The van der Waals surface area contributed by atoms with E-state index < -0.39 is 16.4 Å². The van der Waals surface area contributed by atoms with Gasteiger partial charge in [-0.3, -0.25) is 15.0 Å². The molecule has 1 aromatic rings. The first kappa shape index (κ1) is 14.4. The third-order valence-corrected chi connectivity index (χ3v) is 4.95. The quantitative estimate of drug-likeness (QED) is 0.627. The summed E-state index contributed by atoms with van der Waals surface area (Å²) in [6.07, 6.45) is 7.69. The van der Waals surface area contributed by atoms with E-state index in [-0.39, 0.29) is 0 Å². The maximum atomic E-state index is 13.7. The van der Waals surface area contributed by atoms with E-state index in [0.717, 1.165) is 18.0 Å². The highest BCUT2D eigenvalue weighted by Gasteiger charge is 2.33. The van der Waals surface area contributed by atoms with Crippen LogP contribution in [-0.2, 0) is 6.54 Å². The van der Waals surface area contributed by atoms with Crippen molar-refractivity contribution in [2.75, 3.05) is 6.54 Å². The second-order valence-electron chi connectivity index (χ2n) is 6.27. The number of piperidine rings is 1. The number of hydrogen-bond donors (Lipinski definition) is 0. The average molecular weight is 292 g/mol. The number of halogens is 1. The molecule has 3 rings (SSSR count). The Morgan fingerprint density at radius 2 is 2.00 bits per heavy atom. The molecule has 1 saturated heterocycles. The van der Waals surface area contributed by atoms with Gasteiger partial charge in [-0.15, -0.1) is 0 Å². The summed E-state index contributed by atoms with van der Waals surface area (Å²) in [5.41, 5.74) is 0.400. The van der Waals surface area contributed by atoms with Gasteiger partial charge in [0.05, 0.1) is 4.92 Å². The molecule has 1 aliphatic carbocycles. The summed E-state index contributed by atoms with van der Waals surface area (Å²) in [5, 5.41) is 10.7. The Bertz CT molecular complexity index is 533. The van der Waals surface area contributed by atoms with Crippen molar-refractivity contribution in [3.8, 4) is 0 Å². The average Bonchev–Trinajstić information content (AvgIpc) is 2.47. The smallest absolute Gasteiger partial charge is 0.296 e. The van der Waals surface area contributed by atoms with Crippen LogP contribution in [0, 0.1) is 21.8 Å². The molecule has 4 nitrogen and oxygen atoms in total. The Morgan fingerprint density at radius 3 is 2.76 bits per heavy atom. The summed E-state index contributed by atoms with van der Waals surface area (Å²) in [4.78, 5) is 12.4. The summed E-state index contributed by atoms with van der Waals surface area (Å²) in [6.45, 7) is 1.76. The topological polar surface area (TPSA) is 46.4 Å². The fraction of sp³-hybridized carbons (Fsp3) is 0.625. The summed E-state index contributed by atoms with van der Waals surface area (Å²) in [7, 11) is 0. The van der Waals surface area contributed by atoms with E-state index in [9.17, 15) is 14.5 Å². The standard InChI is InChI=1S/C16H21FN2O2/c17-14-10-12(7-8-16(14)19(20)21)11-18-9-3-5-13-4-1-2-6-15(13)18/h7-8,10,13,15H,1-6,9,11H2. The first-order valence-corrected chi connectivity index (χ1v) is 7.82. The predicted octanol–water partition coefficient (Wildman–Crippen LogP) is 3.89. The normalized spacial score (nSPS) is 26.3. The summed E-state index contributed by atoms with van der Waals surface area (Å²) in [6, 6.07) is 4.91. The molecule has 0 amide bonds. The van der Waals surface area contributed by atoms with Gasteiger partial charge < -0.3 is 0 Å². The minimum Gasteiger partial charge on any atom is -0.296 e. The van der Waals surface area contributed by atoms with Crippen LogP contribution in [0.1, 0.15) is 44.1 Å². The highest BCUT2D eigenvalue weighted by molar-refractivity contribution is 5.35. The number of fused-ring (bicyclic) bond motifs is 1. The lowest BCUT2D eigenvalue weighted by Gasteiger charge is -2.44. The summed E-state index contributed by atoms with van der Waals surface area (Å²) >= 11 is 0. The van der Waals surface area contributed by atoms with Crippen LogP contribution in [0.2, 0.25) is 0 Å². The Hall–Kier alpha value is -1.49. The molecule has 0 bridgehead atoms. The zero-order valence-corrected chi connectivity index (χ0v) is 12.1. The van der Waals surface area contributed by atoms with Crippen LogP contribution in [-0.4, -0.2) is 22.4 Å². The van der Waals surface area contributed by atoms with Crippen LogP contribution < -0.4 is 0 Å². The van der Waals surface area contributed by atoms with Crippen molar-refractivity contribution >= 4 is 5.69 Å². The number of nitro groups is 1. The van der Waals surface area contributed by atoms with Crippen molar-refractivity contribution in [2.45, 2.75) is 51.1 Å². The maximum absolute atomic E-state index is 13.7. The minimum absolute atomic E-state index is 0.437. The molecule has 0 spiro atoms. The van der Waals surface area contributed by atoms with Crippen molar-refractivity contribution in [2.24, 2.45) is 5.92 Å². The van der Waals surface area contributed by atoms with Gasteiger partial charge in [0.15, 0.2) is 0 Å². The van der Waals surface area contributed by atoms with Crippen molar-refractivity contribution in [3.63, 3.8) is 0 Å². The maximum Gasteiger partial charge on any atom is 0.304 e. The largest absolute Gasteiger partial charge is 0.304 e. The summed E-state index contributed by atoms with van der Waals surface area (Å²) < 4.78 is 13.7. The van der Waals surface area contributed by atoms with Crippen LogP contribution >= 0.6 is 0 Å². The molecule has 0 aromatic heterocycles. The molecule has 2 fully saturated rings. The Kier molecular flexibility index (Phi) is 4.19. The molecule has 2 unspecified atom stereocenters. The van der Waals surface area contributed by atoms with Crippen molar-refractivity contribution in [3.05, 3.63) is 39.7 Å². The molecular formula is C16H21FN2O2. The van der Waals surface area contributed by atoms with Crippen molar-refractivity contribution < 1.29 is 9.31 Å². The molecule has 1 saturated carbocycles. The molecule has 0 radical (unpaired) electrons. The predicted molar refractivity (Wildman–Crippen MR) is 78.4 cm³/mol. The molecule has 2 atom stereocenters. The molecular weight excluding hydrogens is 271 g/mol. The number of nitro benzene ring substituents is 1. The Morgan fingerprint density at radius 1 is 1.24 bits per heavy atom. The van der Waals surface area contributed by atoms with Gasteiger partial charge in [0.1, 0.15) is 0 Å². The molecule has 1 aliphatic heterocycles. The number of likely N-dealkylation sites (tertiary alicyclic amines) is 1. The van der Waals surface area contributed by atoms with Crippen LogP contribution in [0.4, 0.5) is 10.1 Å². The molecule has 21 heavy (non-hydrogen) atoms. The van der Waals surface area contributed by atoms with E-state index in [1.165, 1.54) is 50.7 Å². The first-order chi connectivity index (χ1) is 10.1. The molecule has 114 valence electrons. The van der Waals surface area contributed by atoms with Crippen LogP contribution in [0.5, 0.6) is 0 Å². The van der Waals surface area contributed by atoms with Gasteiger partial charge in [-0.05, 0) is 49.8 Å². The molecule has 2 aliphatic rings.